The van der Waals surface area contributed by atoms with E-state index in [1.165, 1.54) is 10.9 Å². The molecular weight excluding hydrogens is 443 g/mol. The SMILES string of the molecule is N#Cc1ccc2[nH]cc(CCCCN3CCN(c4ccc(Oc5ncc(F)cn5)cc4)CC3)c2c1. The molecule has 8 heteroatoms. The number of rotatable bonds is 8. The van der Waals surface area contributed by atoms with Gasteiger partial charge in [0.15, 0.2) is 5.82 Å². The van der Waals surface area contributed by atoms with Crippen LogP contribution in [0, 0.1) is 17.1 Å². The third-order valence-corrected chi connectivity index (χ3v) is 6.45. The lowest BCUT2D eigenvalue weighted by Gasteiger charge is -2.36. The van der Waals surface area contributed by atoms with Gasteiger partial charge in [0.25, 0.3) is 0 Å². The predicted molar refractivity (Wildman–Crippen MR) is 133 cm³/mol. The number of benzene rings is 2. The minimum absolute atomic E-state index is 0.129. The van der Waals surface area contributed by atoms with Crippen LogP contribution in [0.5, 0.6) is 11.8 Å². The van der Waals surface area contributed by atoms with Crippen LogP contribution >= 0.6 is 0 Å². The zero-order chi connectivity index (χ0) is 24.0. The van der Waals surface area contributed by atoms with Crippen molar-refractivity contribution in [3.05, 3.63) is 78.0 Å². The lowest BCUT2D eigenvalue weighted by molar-refractivity contribution is 0.253. The second-order valence-corrected chi connectivity index (χ2v) is 8.75. The van der Waals surface area contributed by atoms with E-state index >= 15 is 0 Å². The van der Waals surface area contributed by atoms with Crippen LogP contribution in [0.2, 0.25) is 0 Å². The molecule has 1 fully saturated rings. The molecule has 0 unspecified atom stereocenters. The largest absolute Gasteiger partial charge is 0.424 e. The topological polar surface area (TPSA) is 81.1 Å². The second kappa shape index (κ2) is 10.5. The average molecular weight is 471 g/mol. The normalized spacial score (nSPS) is 14.2. The van der Waals surface area contributed by atoms with Crippen LogP contribution in [0.3, 0.4) is 0 Å². The van der Waals surface area contributed by atoms with Crippen LogP contribution in [-0.4, -0.2) is 52.6 Å². The van der Waals surface area contributed by atoms with Gasteiger partial charge in [0.1, 0.15) is 5.75 Å². The maximum absolute atomic E-state index is 12.9. The summed E-state index contributed by atoms with van der Waals surface area (Å²) in [5.41, 5.74) is 4.26. The van der Waals surface area contributed by atoms with E-state index in [0.29, 0.717) is 11.3 Å². The summed E-state index contributed by atoms with van der Waals surface area (Å²) in [7, 11) is 0. The number of fused-ring (bicyclic) bond motifs is 1. The Morgan fingerprint density at radius 3 is 2.51 bits per heavy atom. The summed E-state index contributed by atoms with van der Waals surface area (Å²) in [6.07, 6.45) is 7.55. The van der Waals surface area contributed by atoms with Gasteiger partial charge in [-0.1, -0.05) is 0 Å². The van der Waals surface area contributed by atoms with Crippen molar-refractivity contribution in [1.82, 2.24) is 19.9 Å². The van der Waals surface area contributed by atoms with Gasteiger partial charge in [-0.3, -0.25) is 4.90 Å². The monoisotopic (exact) mass is 470 g/mol. The number of aromatic nitrogens is 3. The van der Waals surface area contributed by atoms with Gasteiger partial charge in [0.2, 0.25) is 0 Å². The number of nitrogens with one attached hydrogen (secondary N) is 1. The first-order chi connectivity index (χ1) is 17.2. The standard InChI is InChI=1S/C27H27FN6O/c28-22-18-31-27(32-19-22)35-24-7-5-23(6-8-24)34-13-11-33(12-14-34)10-2-1-3-21-17-30-26-9-4-20(16-29)15-25(21)26/h4-9,15,17-19,30H,1-3,10-14H2. The van der Waals surface area contributed by atoms with E-state index in [2.05, 4.69) is 37.0 Å². The quantitative estimate of drug-likeness (QED) is 0.369. The van der Waals surface area contributed by atoms with Crippen molar-refractivity contribution in [2.45, 2.75) is 19.3 Å². The molecule has 5 rings (SSSR count). The molecule has 1 aliphatic heterocycles. The van der Waals surface area contributed by atoms with E-state index < -0.39 is 5.82 Å². The van der Waals surface area contributed by atoms with Crippen molar-refractivity contribution in [1.29, 1.82) is 5.26 Å². The van der Waals surface area contributed by atoms with Crippen LogP contribution in [0.4, 0.5) is 10.1 Å². The number of anilines is 1. The highest BCUT2D eigenvalue weighted by Crippen LogP contribution is 2.24. The number of nitrogens with zero attached hydrogens (tertiary/aromatic N) is 5. The number of halogens is 1. The van der Waals surface area contributed by atoms with Gasteiger partial charge >= 0.3 is 6.01 Å². The van der Waals surface area contributed by atoms with Gasteiger partial charge < -0.3 is 14.6 Å². The molecule has 7 nitrogen and oxygen atoms in total. The Morgan fingerprint density at radius 1 is 1.00 bits per heavy atom. The third-order valence-electron chi connectivity index (χ3n) is 6.45. The van der Waals surface area contributed by atoms with E-state index in [4.69, 9.17) is 10.00 Å². The van der Waals surface area contributed by atoms with Crippen molar-refractivity contribution in [3.8, 4) is 17.8 Å². The highest BCUT2D eigenvalue weighted by molar-refractivity contribution is 5.84. The molecule has 1 aliphatic rings. The average Bonchev–Trinajstić information content (AvgIpc) is 3.31. The number of nitriles is 1. The first kappa shape index (κ1) is 22.8. The molecule has 4 aromatic rings. The minimum Gasteiger partial charge on any atom is -0.424 e. The van der Waals surface area contributed by atoms with Gasteiger partial charge in [-0.2, -0.15) is 5.26 Å². The number of ether oxygens (including phenoxy) is 1. The number of hydrogen-bond donors (Lipinski definition) is 1. The Kier molecular flexibility index (Phi) is 6.87. The van der Waals surface area contributed by atoms with Crippen molar-refractivity contribution < 1.29 is 9.13 Å². The molecule has 35 heavy (non-hydrogen) atoms. The number of aromatic amines is 1. The summed E-state index contributed by atoms with van der Waals surface area (Å²) in [4.78, 5) is 15.9. The fourth-order valence-electron chi connectivity index (χ4n) is 4.52. The molecule has 0 saturated carbocycles. The molecular formula is C27H27FN6O. The maximum atomic E-state index is 12.9. The Morgan fingerprint density at radius 2 is 1.77 bits per heavy atom. The summed E-state index contributed by atoms with van der Waals surface area (Å²) < 4.78 is 18.5. The predicted octanol–water partition coefficient (Wildman–Crippen LogP) is 4.91. The molecule has 0 spiro atoms. The zero-order valence-electron chi connectivity index (χ0n) is 19.5. The van der Waals surface area contributed by atoms with Crippen LogP contribution in [0.15, 0.2) is 61.1 Å². The fourth-order valence-corrected chi connectivity index (χ4v) is 4.52. The molecule has 1 saturated heterocycles. The molecule has 3 heterocycles. The third kappa shape index (κ3) is 5.58. The van der Waals surface area contributed by atoms with Crippen LogP contribution < -0.4 is 9.64 Å². The highest BCUT2D eigenvalue weighted by atomic mass is 19.1. The Bertz CT molecular complexity index is 1300. The summed E-state index contributed by atoms with van der Waals surface area (Å²) in [5.74, 6) is 0.134. The minimum atomic E-state index is -0.490. The molecule has 2 aromatic heterocycles. The number of piperazine rings is 1. The van der Waals surface area contributed by atoms with Gasteiger partial charge in [-0.25, -0.2) is 14.4 Å². The zero-order valence-corrected chi connectivity index (χ0v) is 19.5. The lowest BCUT2D eigenvalue weighted by Crippen LogP contribution is -2.46. The van der Waals surface area contributed by atoms with Crippen LogP contribution in [-0.2, 0) is 6.42 Å². The maximum Gasteiger partial charge on any atom is 0.322 e. The van der Waals surface area contributed by atoms with Crippen LogP contribution in [0.25, 0.3) is 10.9 Å². The van der Waals surface area contributed by atoms with Gasteiger partial charge in [-0.15, -0.1) is 0 Å². The smallest absolute Gasteiger partial charge is 0.322 e. The first-order valence-electron chi connectivity index (χ1n) is 11.9. The van der Waals surface area contributed by atoms with E-state index in [1.54, 1.807) is 0 Å². The van der Waals surface area contributed by atoms with E-state index in [1.807, 2.05) is 42.5 Å². The fraction of sp³-hybridized carbons (Fsp3) is 0.296. The Balaban J connectivity index is 1.05. The molecule has 0 aliphatic carbocycles. The second-order valence-electron chi connectivity index (χ2n) is 8.75. The number of H-pyrrole nitrogens is 1. The Labute approximate surface area is 203 Å². The number of hydrogen-bond acceptors (Lipinski definition) is 6. The molecule has 0 radical (unpaired) electrons. The van der Waals surface area contributed by atoms with E-state index in [0.717, 1.165) is 75.6 Å². The molecule has 0 bridgehead atoms. The van der Waals surface area contributed by atoms with Gasteiger partial charge in [-0.05, 0) is 73.8 Å². The summed E-state index contributed by atoms with van der Waals surface area (Å²) in [6.45, 7) is 5.16. The Hall–Kier alpha value is -3.96. The van der Waals surface area contributed by atoms with Crippen molar-refractivity contribution in [2.24, 2.45) is 0 Å². The molecule has 178 valence electrons. The van der Waals surface area contributed by atoms with E-state index in [-0.39, 0.29) is 6.01 Å². The summed E-state index contributed by atoms with van der Waals surface area (Å²) in [6, 6.07) is 16.0. The van der Waals surface area contributed by atoms with Gasteiger partial charge in [0, 0.05) is 49.0 Å². The molecule has 0 atom stereocenters. The van der Waals surface area contributed by atoms with Crippen LogP contribution in [0.1, 0.15) is 24.0 Å². The number of aryl methyl sites for hydroxylation is 1. The van der Waals surface area contributed by atoms with Crippen molar-refractivity contribution in [2.75, 3.05) is 37.6 Å². The van der Waals surface area contributed by atoms with Gasteiger partial charge in [0.05, 0.1) is 24.0 Å². The molecule has 1 N–H and O–H groups in total. The summed E-state index contributed by atoms with van der Waals surface area (Å²) >= 11 is 0. The van der Waals surface area contributed by atoms with Crippen molar-refractivity contribution in [3.63, 3.8) is 0 Å². The number of unbranched alkanes of at least 4 members (excludes halogenated alkanes) is 1. The lowest BCUT2D eigenvalue weighted by atomic mass is 10.1. The van der Waals surface area contributed by atoms with E-state index in [9.17, 15) is 4.39 Å². The first-order valence-corrected chi connectivity index (χ1v) is 11.9. The van der Waals surface area contributed by atoms with Crippen molar-refractivity contribution >= 4 is 16.6 Å². The summed E-state index contributed by atoms with van der Waals surface area (Å²) in [5, 5.41) is 10.3. The molecule has 2 aromatic carbocycles. The molecule has 0 amide bonds. The highest BCUT2D eigenvalue weighted by Gasteiger charge is 2.17.